The summed E-state index contributed by atoms with van der Waals surface area (Å²) < 4.78 is 0. The van der Waals surface area contributed by atoms with Gasteiger partial charge in [0.05, 0.1) is 0 Å². The second-order valence-corrected chi connectivity index (χ2v) is 6.53. The van der Waals surface area contributed by atoms with E-state index in [2.05, 4.69) is 55.7 Å². The quantitative estimate of drug-likeness (QED) is 0.866. The molecule has 1 aromatic carbocycles. The van der Waals surface area contributed by atoms with Crippen molar-refractivity contribution in [2.45, 2.75) is 51.5 Å². The summed E-state index contributed by atoms with van der Waals surface area (Å²) in [6, 6.07) is 8.89. The summed E-state index contributed by atoms with van der Waals surface area (Å²) in [7, 11) is 0. The van der Waals surface area contributed by atoms with E-state index in [-0.39, 0.29) is 11.3 Å². The van der Waals surface area contributed by atoms with Gasteiger partial charge in [0.25, 0.3) is 0 Å². The van der Waals surface area contributed by atoms with Crippen LogP contribution in [0.15, 0.2) is 24.3 Å². The number of aryl methyl sites for hydroxylation is 1. The molecule has 1 heterocycles. The van der Waals surface area contributed by atoms with Crippen LogP contribution in [0.2, 0.25) is 0 Å². The minimum Gasteiger partial charge on any atom is -0.355 e. The number of rotatable bonds is 5. The molecule has 3 heteroatoms. The molecule has 0 spiro atoms. The average molecular weight is 274 g/mol. The third-order valence-corrected chi connectivity index (χ3v) is 4.12. The van der Waals surface area contributed by atoms with E-state index < -0.39 is 0 Å². The highest BCUT2D eigenvalue weighted by molar-refractivity contribution is 5.76. The van der Waals surface area contributed by atoms with Crippen LogP contribution in [0, 0.1) is 6.92 Å². The maximum absolute atomic E-state index is 12.0. The van der Waals surface area contributed by atoms with Crippen LogP contribution in [0.1, 0.15) is 44.2 Å². The van der Waals surface area contributed by atoms with Crippen LogP contribution < -0.4 is 10.6 Å². The van der Waals surface area contributed by atoms with Gasteiger partial charge in [-0.15, -0.1) is 0 Å². The first-order chi connectivity index (χ1) is 9.47. The molecule has 0 aromatic heterocycles. The standard InChI is InChI=1S/C17H26N2O/c1-13-6-4-7-14(10-13)17(2,3)12-19-16(20)11-15-8-5-9-18-15/h4,6-7,10,15,18H,5,8-9,11-12H2,1-3H3,(H,19,20). The third kappa shape index (κ3) is 4.07. The van der Waals surface area contributed by atoms with Crippen LogP contribution in [0.5, 0.6) is 0 Å². The Morgan fingerprint density at radius 3 is 2.90 bits per heavy atom. The minimum atomic E-state index is -0.0369. The smallest absolute Gasteiger partial charge is 0.221 e. The van der Waals surface area contributed by atoms with Gasteiger partial charge in [-0.2, -0.15) is 0 Å². The Labute approximate surface area is 122 Å². The Bertz CT molecular complexity index is 462. The van der Waals surface area contributed by atoms with Crippen LogP contribution in [0.3, 0.4) is 0 Å². The van der Waals surface area contributed by atoms with Crippen molar-refractivity contribution in [1.82, 2.24) is 10.6 Å². The van der Waals surface area contributed by atoms with Crippen molar-refractivity contribution in [2.24, 2.45) is 0 Å². The summed E-state index contributed by atoms with van der Waals surface area (Å²) >= 11 is 0. The number of hydrogen-bond acceptors (Lipinski definition) is 2. The minimum absolute atomic E-state index is 0.0369. The number of benzene rings is 1. The van der Waals surface area contributed by atoms with E-state index >= 15 is 0 Å². The first kappa shape index (κ1) is 15.0. The first-order valence-corrected chi connectivity index (χ1v) is 7.54. The largest absolute Gasteiger partial charge is 0.355 e. The molecule has 1 aromatic rings. The molecule has 110 valence electrons. The van der Waals surface area contributed by atoms with Crippen molar-refractivity contribution >= 4 is 5.91 Å². The molecule has 1 fully saturated rings. The zero-order valence-corrected chi connectivity index (χ0v) is 12.8. The van der Waals surface area contributed by atoms with Gasteiger partial charge in [0, 0.05) is 24.4 Å². The monoisotopic (exact) mass is 274 g/mol. The van der Waals surface area contributed by atoms with E-state index in [0.717, 1.165) is 13.0 Å². The van der Waals surface area contributed by atoms with Gasteiger partial charge in [-0.25, -0.2) is 0 Å². The van der Waals surface area contributed by atoms with Crippen molar-refractivity contribution in [3.05, 3.63) is 35.4 Å². The van der Waals surface area contributed by atoms with Gasteiger partial charge in [0.1, 0.15) is 0 Å². The average Bonchev–Trinajstić information content (AvgIpc) is 2.89. The van der Waals surface area contributed by atoms with E-state index in [9.17, 15) is 4.79 Å². The fourth-order valence-electron chi connectivity index (χ4n) is 2.71. The SMILES string of the molecule is Cc1cccc(C(C)(C)CNC(=O)CC2CCCN2)c1. The molecule has 1 aliphatic heterocycles. The molecule has 1 atom stereocenters. The molecule has 2 rings (SSSR count). The maximum atomic E-state index is 12.0. The van der Waals surface area contributed by atoms with Crippen LogP contribution in [-0.4, -0.2) is 25.0 Å². The summed E-state index contributed by atoms with van der Waals surface area (Å²) in [6.07, 6.45) is 2.91. The summed E-state index contributed by atoms with van der Waals surface area (Å²) in [4.78, 5) is 12.0. The molecule has 2 N–H and O–H groups in total. The van der Waals surface area contributed by atoms with E-state index in [0.29, 0.717) is 19.0 Å². The third-order valence-electron chi connectivity index (χ3n) is 4.12. The summed E-state index contributed by atoms with van der Waals surface area (Å²) in [5.74, 6) is 0.158. The Morgan fingerprint density at radius 1 is 1.45 bits per heavy atom. The van der Waals surface area contributed by atoms with Crippen molar-refractivity contribution < 1.29 is 4.79 Å². The van der Waals surface area contributed by atoms with Gasteiger partial charge >= 0.3 is 0 Å². The Morgan fingerprint density at radius 2 is 2.25 bits per heavy atom. The number of carbonyl (C=O) groups excluding carboxylic acids is 1. The molecule has 1 unspecified atom stereocenters. The van der Waals surface area contributed by atoms with Gasteiger partial charge in [-0.05, 0) is 31.9 Å². The van der Waals surface area contributed by atoms with Gasteiger partial charge in [0.2, 0.25) is 5.91 Å². The highest BCUT2D eigenvalue weighted by Gasteiger charge is 2.23. The van der Waals surface area contributed by atoms with E-state index in [1.807, 2.05) is 0 Å². The molecule has 0 radical (unpaired) electrons. The number of nitrogens with one attached hydrogen (secondary N) is 2. The van der Waals surface area contributed by atoms with E-state index in [1.165, 1.54) is 17.5 Å². The Hall–Kier alpha value is -1.35. The van der Waals surface area contributed by atoms with Gasteiger partial charge in [0.15, 0.2) is 0 Å². The Kier molecular flexibility index (Phi) is 4.81. The van der Waals surface area contributed by atoms with Crippen molar-refractivity contribution in [3.63, 3.8) is 0 Å². The first-order valence-electron chi connectivity index (χ1n) is 7.54. The highest BCUT2D eigenvalue weighted by atomic mass is 16.1. The normalized spacial score (nSPS) is 19.1. The summed E-state index contributed by atoms with van der Waals surface area (Å²) in [5, 5.41) is 6.45. The maximum Gasteiger partial charge on any atom is 0.221 e. The number of hydrogen-bond donors (Lipinski definition) is 2. The van der Waals surface area contributed by atoms with Crippen LogP contribution in [0.4, 0.5) is 0 Å². The second kappa shape index (κ2) is 6.40. The molecule has 3 nitrogen and oxygen atoms in total. The Balaban J connectivity index is 1.86. The molecular formula is C17H26N2O. The number of amides is 1. The molecule has 1 saturated heterocycles. The molecular weight excluding hydrogens is 248 g/mol. The van der Waals surface area contributed by atoms with Gasteiger partial charge < -0.3 is 10.6 Å². The molecule has 20 heavy (non-hydrogen) atoms. The number of carbonyl (C=O) groups is 1. The predicted octanol–water partition coefficient (Wildman–Crippen LogP) is 2.53. The molecule has 0 saturated carbocycles. The lowest BCUT2D eigenvalue weighted by Crippen LogP contribution is -2.39. The lowest BCUT2D eigenvalue weighted by molar-refractivity contribution is -0.121. The molecule has 1 amide bonds. The molecule has 0 bridgehead atoms. The van der Waals surface area contributed by atoms with Gasteiger partial charge in [-0.1, -0.05) is 43.7 Å². The summed E-state index contributed by atoms with van der Waals surface area (Å²) in [6.45, 7) is 8.18. The van der Waals surface area contributed by atoms with Crippen LogP contribution >= 0.6 is 0 Å². The van der Waals surface area contributed by atoms with Crippen LogP contribution in [0.25, 0.3) is 0 Å². The molecule has 0 aliphatic carbocycles. The van der Waals surface area contributed by atoms with Gasteiger partial charge in [-0.3, -0.25) is 4.79 Å². The second-order valence-electron chi connectivity index (χ2n) is 6.53. The fourth-order valence-corrected chi connectivity index (χ4v) is 2.71. The predicted molar refractivity (Wildman–Crippen MR) is 82.9 cm³/mol. The van der Waals surface area contributed by atoms with Crippen molar-refractivity contribution in [2.75, 3.05) is 13.1 Å². The fraction of sp³-hybridized carbons (Fsp3) is 0.588. The van der Waals surface area contributed by atoms with Crippen molar-refractivity contribution in [3.8, 4) is 0 Å². The topological polar surface area (TPSA) is 41.1 Å². The lowest BCUT2D eigenvalue weighted by Gasteiger charge is -2.26. The highest BCUT2D eigenvalue weighted by Crippen LogP contribution is 2.23. The van der Waals surface area contributed by atoms with E-state index in [4.69, 9.17) is 0 Å². The lowest BCUT2D eigenvalue weighted by atomic mass is 9.84. The van der Waals surface area contributed by atoms with E-state index in [1.54, 1.807) is 0 Å². The van der Waals surface area contributed by atoms with Crippen LogP contribution in [-0.2, 0) is 10.2 Å². The zero-order chi connectivity index (χ0) is 14.6. The summed E-state index contributed by atoms with van der Waals surface area (Å²) in [5.41, 5.74) is 2.50. The zero-order valence-electron chi connectivity index (χ0n) is 12.8. The molecule has 1 aliphatic rings. The van der Waals surface area contributed by atoms with Crippen molar-refractivity contribution in [1.29, 1.82) is 0 Å².